The molecule has 26 heavy (non-hydrogen) atoms. The van der Waals surface area contributed by atoms with Crippen LogP contribution in [0.5, 0.6) is 0 Å². The summed E-state index contributed by atoms with van der Waals surface area (Å²) in [5.41, 5.74) is 1.41. The molecule has 0 fully saturated rings. The molecule has 8 nitrogen and oxygen atoms in total. The summed E-state index contributed by atoms with van der Waals surface area (Å²) in [6.07, 6.45) is 1.31. The fourth-order valence-electron chi connectivity index (χ4n) is 2.23. The number of hydrogen-bond acceptors (Lipinski definition) is 5. The van der Waals surface area contributed by atoms with E-state index in [-0.39, 0.29) is 21.4 Å². The first kappa shape index (κ1) is 17.8. The molecule has 2 heterocycles. The van der Waals surface area contributed by atoms with Gasteiger partial charge in [0.2, 0.25) is 0 Å². The summed E-state index contributed by atoms with van der Waals surface area (Å²) < 4.78 is 1.47. The molecule has 0 aliphatic heterocycles. The zero-order valence-electron chi connectivity index (χ0n) is 13.3. The number of aryl methyl sites for hydroxylation is 1. The van der Waals surface area contributed by atoms with Gasteiger partial charge in [-0.3, -0.25) is 14.9 Å². The number of benzene rings is 1. The highest BCUT2D eigenvalue weighted by molar-refractivity contribution is 6.41. The highest BCUT2D eigenvalue weighted by atomic mass is 35.5. The predicted molar refractivity (Wildman–Crippen MR) is 97.2 cm³/mol. The van der Waals surface area contributed by atoms with E-state index >= 15 is 0 Å². The number of nitrogens with one attached hydrogen (secondary N) is 1. The Morgan fingerprint density at radius 1 is 1.23 bits per heavy atom. The summed E-state index contributed by atoms with van der Waals surface area (Å²) in [5, 5.41) is 18.1. The van der Waals surface area contributed by atoms with Gasteiger partial charge in [0, 0.05) is 24.4 Å². The molecular formula is C16H11Cl2N5O3. The number of nitro benzene ring substituents is 1. The summed E-state index contributed by atoms with van der Waals surface area (Å²) in [5.74, 6) is -0.0495. The molecule has 0 radical (unpaired) electrons. The summed E-state index contributed by atoms with van der Waals surface area (Å²) in [4.78, 5) is 26.6. The lowest BCUT2D eigenvalue weighted by atomic mass is 10.2. The van der Waals surface area contributed by atoms with Gasteiger partial charge in [0.1, 0.15) is 11.0 Å². The zero-order valence-corrected chi connectivity index (χ0v) is 14.8. The Balaban J connectivity index is 1.90. The fraction of sp³-hybridized carbons (Fsp3) is 0.0625. The molecule has 2 aromatic heterocycles. The number of amides is 1. The normalized spacial score (nSPS) is 10.6. The van der Waals surface area contributed by atoms with Gasteiger partial charge in [-0.25, -0.2) is 9.67 Å². The van der Waals surface area contributed by atoms with Gasteiger partial charge in [0.25, 0.3) is 11.6 Å². The van der Waals surface area contributed by atoms with Crippen molar-refractivity contribution in [1.29, 1.82) is 0 Å². The number of aromatic nitrogens is 3. The number of anilines is 1. The first-order valence-corrected chi connectivity index (χ1v) is 8.04. The summed E-state index contributed by atoms with van der Waals surface area (Å²) in [7, 11) is 0. The Labute approximate surface area is 157 Å². The Bertz CT molecular complexity index is 1000. The van der Waals surface area contributed by atoms with Crippen molar-refractivity contribution in [2.75, 3.05) is 5.32 Å². The van der Waals surface area contributed by atoms with Gasteiger partial charge in [0.05, 0.1) is 26.9 Å². The minimum atomic E-state index is -0.488. The van der Waals surface area contributed by atoms with E-state index in [0.29, 0.717) is 17.2 Å². The Hall–Kier alpha value is -2.97. The second-order valence-corrected chi connectivity index (χ2v) is 6.07. The number of rotatable bonds is 4. The molecular weight excluding hydrogens is 381 g/mol. The molecule has 0 unspecified atom stereocenters. The van der Waals surface area contributed by atoms with Crippen molar-refractivity contribution in [3.63, 3.8) is 0 Å². The number of carbonyl (C=O) groups excluding carboxylic acids is 1. The molecule has 0 aliphatic carbocycles. The van der Waals surface area contributed by atoms with Crippen molar-refractivity contribution in [3.05, 3.63) is 74.1 Å². The van der Waals surface area contributed by atoms with Gasteiger partial charge in [-0.05, 0) is 25.1 Å². The van der Waals surface area contributed by atoms with Crippen LogP contribution in [-0.4, -0.2) is 25.6 Å². The van der Waals surface area contributed by atoms with Gasteiger partial charge in [0.15, 0.2) is 0 Å². The summed E-state index contributed by atoms with van der Waals surface area (Å²) in [6.45, 7) is 1.76. The van der Waals surface area contributed by atoms with E-state index in [1.54, 1.807) is 25.1 Å². The first-order chi connectivity index (χ1) is 12.3. The van der Waals surface area contributed by atoms with E-state index in [4.69, 9.17) is 23.2 Å². The maximum atomic E-state index is 12.4. The largest absolute Gasteiger partial charge is 0.306 e. The highest BCUT2D eigenvalue weighted by Gasteiger charge is 2.15. The maximum Gasteiger partial charge on any atom is 0.269 e. The highest BCUT2D eigenvalue weighted by Crippen LogP contribution is 2.22. The molecule has 0 saturated heterocycles. The van der Waals surface area contributed by atoms with E-state index < -0.39 is 10.8 Å². The van der Waals surface area contributed by atoms with Crippen LogP contribution in [0, 0.1) is 17.0 Å². The topological polar surface area (TPSA) is 103 Å². The summed E-state index contributed by atoms with van der Waals surface area (Å²) in [6, 6.07) is 8.89. The Morgan fingerprint density at radius 2 is 1.92 bits per heavy atom. The van der Waals surface area contributed by atoms with Crippen molar-refractivity contribution in [3.8, 4) is 5.69 Å². The maximum absolute atomic E-state index is 12.4. The average Bonchev–Trinajstić information content (AvgIpc) is 2.97. The molecule has 132 valence electrons. The van der Waals surface area contributed by atoms with Crippen LogP contribution in [0.3, 0.4) is 0 Å². The third kappa shape index (κ3) is 3.66. The van der Waals surface area contributed by atoms with Crippen LogP contribution < -0.4 is 5.32 Å². The molecule has 10 heteroatoms. The third-order valence-corrected chi connectivity index (χ3v) is 4.12. The van der Waals surface area contributed by atoms with Crippen LogP contribution in [0.4, 0.5) is 11.5 Å². The number of nitro groups is 1. The summed E-state index contributed by atoms with van der Waals surface area (Å²) >= 11 is 11.6. The zero-order chi connectivity index (χ0) is 18.8. The number of pyridine rings is 1. The van der Waals surface area contributed by atoms with E-state index in [1.807, 2.05) is 0 Å². The quantitative estimate of drug-likeness (QED) is 0.410. The predicted octanol–water partition coefficient (Wildman–Crippen LogP) is 4.04. The van der Waals surface area contributed by atoms with Crippen molar-refractivity contribution in [2.45, 2.75) is 6.92 Å². The van der Waals surface area contributed by atoms with E-state index in [1.165, 1.54) is 29.1 Å². The van der Waals surface area contributed by atoms with Crippen LogP contribution in [0.2, 0.25) is 10.2 Å². The van der Waals surface area contributed by atoms with Crippen molar-refractivity contribution in [1.82, 2.24) is 14.8 Å². The standard InChI is InChI=1S/C16H11Cl2N5O3/c1-9-6-14(20-16(24)10-7-13(17)15(18)19-8-10)22(21-9)11-2-4-12(5-3-11)23(25)26/h2-8H,1H3,(H,20,24). The second kappa shape index (κ2) is 7.11. The fourth-order valence-corrected chi connectivity index (χ4v) is 2.50. The van der Waals surface area contributed by atoms with Crippen LogP contribution in [0.1, 0.15) is 16.1 Å². The second-order valence-electron chi connectivity index (χ2n) is 5.31. The molecule has 0 spiro atoms. The van der Waals surface area contributed by atoms with Crippen LogP contribution >= 0.6 is 23.2 Å². The molecule has 1 aromatic carbocycles. The molecule has 0 saturated carbocycles. The molecule has 1 amide bonds. The number of halogens is 2. The van der Waals surface area contributed by atoms with E-state index in [0.717, 1.165) is 0 Å². The van der Waals surface area contributed by atoms with Crippen LogP contribution in [-0.2, 0) is 0 Å². The van der Waals surface area contributed by atoms with Gasteiger partial charge in [-0.15, -0.1) is 0 Å². The van der Waals surface area contributed by atoms with Crippen molar-refractivity contribution in [2.24, 2.45) is 0 Å². The Kier molecular flexibility index (Phi) is 4.88. The van der Waals surface area contributed by atoms with Gasteiger partial charge in [-0.1, -0.05) is 23.2 Å². The minimum absolute atomic E-state index is 0.0369. The average molecular weight is 392 g/mol. The van der Waals surface area contributed by atoms with Crippen molar-refractivity contribution < 1.29 is 9.72 Å². The molecule has 1 N–H and O–H groups in total. The number of non-ortho nitro benzene ring substituents is 1. The smallest absolute Gasteiger partial charge is 0.269 e. The molecule has 0 atom stereocenters. The lowest BCUT2D eigenvalue weighted by Gasteiger charge is -2.09. The number of nitrogens with zero attached hydrogens (tertiary/aromatic N) is 4. The minimum Gasteiger partial charge on any atom is -0.306 e. The van der Waals surface area contributed by atoms with Crippen molar-refractivity contribution >= 4 is 40.6 Å². The molecule has 3 aromatic rings. The molecule has 3 rings (SSSR count). The number of carbonyl (C=O) groups is 1. The molecule has 0 aliphatic rings. The SMILES string of the molecule is Cc1cc(NC(=O)c2cnc(Cl)c(Cl)c2)n(-c2ccc([N+](=O)[O-])cc2)n1. The lowest BCUT2D eigenvalue weighted by Crippen LogP contribution is -2.15. The number of hydrogen-bond donors (Lipinski definition) is 1. The third-order valence-electron chi connectivity index (χ3n) is 3.44. The van der Waals surface area contributed by atoms with E-state index in [2.05, 4.69) is 15.4 Å². The lowest BCUT2D eigenvalue weighted by molar-refractivity contribution is -0.384. The van der Waals surface area contributed by atoms with Gasteiger partial charge >= 0.3 is 0 Å². The first-order valence-electron chi connectivity index (χ1n) is 7.29. The monoisotopic (exact) mass is 391 g/mol. The van der Waals surface area contributed by atoms with Crippen LogP contribution in [0.25, 0.3) is 5.69 Å². The van der Waals surface area contributed by atoms with Gasteiger partial charge in [-0.2, -0.15) is 5.10 Å². The van der Waals surface area contributed by atoms with E-state index in [9.17, 15) is 14.9 Å². The molecule has 0 bridgehead atoms. The van der Waals surface area contributed by atoms with Gasteiger partial charge < -0.3 is 5.32 Å². The van der Waals surface area contributed by atoms with Crippen LogP contribution in [0.15, 0.2) is 42.6 Å². The Morgan fingerprint density at radius 3 is 2.54 bits per heavy atom.